The van der Waals surface area contributed by atoms with E-state index in [0.29, 0.717) is 23.9 Å². The summed E-state index contributed by atoms with van der Waals surface area (Å²) in [5.74, 6) is -0.667. The van der Waals surface area contributed by atoms with E-state index in [4.69, 9.17) is 0 Å². The lowest BCUT2D eigenvalue weighted by Gasteiger charge is -2.30. The molecule has 3 saturated heterocycles. The smallest absolute Gasteiger partial charge is 0.262 e. The van der Waals surface area contributed by atoms with Crippen LogP contribution in [0.2, 0.25) is 0 Å². The van der Waals surface area contributed by atoms with Gasteiger partial charge in [-0.05, 0) is 85.1 Å². The molecule has 3 unspecified atom stereocenters. The number of β-amino-alcohol motifs (C(OH)–C–C–N with tert-alkyl or cyclic N) is 1. The first-order chi connectivity index (χ1) is 16.5. The average molecular weight is 518 g/mol. The van der Waals surface area contributed by atoms with Crippen molar-refractivity contribution >= 4 is 0 Å². The third-order valence-corrected chi connectivity index (χ3v) is 8.35. The van der Waals surface area contributed by atoms with Crippen molar-refractivity contribution in [2.24, 2.45) is 17.8 Å². The van der Waals surface area contributed by atoms with E-state index >= 15 is 0 Å². The molecular weight excluding hydrogens is 456 g/mol. The van der Waals surface area contributed by atoms with Crippen LogP contribution in [-0.4, -0.2) is 87.7 Å². The van der Waals surface area contributed by atoms with Gasteiger partial charge >= 0.3 is 0 Å². The van der Waals surface area contributed by atoms with Gasteiger partial charge in [0.15, 0.2) is 0 Å². The van der Waals surface area contributed by atoms with Crippen LogP contribution in [0, 0.1) is 17.8 Å². The fraction of sp³-hybridized carbons (Fsp3) is 1.00. The Balaban J connectivity index is 0.000000271. The highest BCUT2D eigenvalue weighted by Gasteiger charge is 2.46. The lowest BCUT2D eigenvalue weighted by molar-refractivity contribution is 0.00915. The van der Waals surface area contributed by atoms with E-state index in [0.717, 1.165) is 31.0 Å². The number of halogens is 2. The Morgan fingerprint density at radius 3 is 1.47 bits per heavy atom. The molecule has 6 heteroatoms. The van der Waals surface area contributed by atoms with Gasteiger partial charge in [-0.2, -0.15) is 0 Å². The highest BCUT2D eigenvalue weighted by atomic mass is 19.3. The molecule has 1 N–H and O–H groups in total. The topological polar surface area (TPSA) is 30.0 Å². The standard InChI is InChI=1S/C10H19F2N.C10H21NO.C10H21N/c1-7(2)9-5-10(11,12)6-13(9)8(3)4;1-7(2)10-5-9(12)6-11(10)8(3)4;1-8(2)10-6-5-7-11(10)9(3)4/h7-9H,5-6H2,1-4H3;7-10,12H,5-6H2,1-4H3;8-10H,5-7H2,1-4H3/t;9-,10?;/m.1./s1. The fourth-order valence-electron chi connectivity index (χ4n) is 6.34. The van der Waals surface area contributed by atoms with Crippen molar-refractivity contribution in [1.82, 2.24) is 14.7 Å². The van der Waals surface area contributed by atoms with Gasteiger partial charge in [-0.3, -0.25) is 14.7 Å². The second-order valence-electron chi connectivity index (χ2n) is 13.4. The molecule has 0 saturated carbocycles. The van der Waals surface area contributed by atoms with Crippen LogP contribution < -0.4 is 0 Å². The zero-order chi connectivity index (χ0) is 28.0. The molecule has 4 nitrogen and oxygen atoms in total. The number of nitrogens with zero attached hydrogens (tertiary/aromatic N) is 3. The first kappa shape index (κ1) is 33.7. The summed E-state index contributed by atoms with van der Waals surface area (Å²) in [7, 11) is 0. The van der Waals surface area contributed by atoms with E-state index in [1.807, 2.05) is 32.6 Å². The molecule has 0 spiro atoms. The predicted octanol–water partition coefficient (Wildman–Crippen LogP) is 6.76. The maximum Gasteiger partial charge on any atom is 0.262 e. The zero-order valence-electron chi connectivity index (χ0n) is 25.8. The maximum absolute atomic E-state index is 13.1. The molecule has 3 aliphatic heterocycles. The van der Waals surface area contributed by atoms with Gasteiger partial charge in [-0.15, -0.1) is 0 Å². The number of aliphatic hydroxyl groups is 1. The summed E-state index contributed by atoms with van der Waals surface area (Å²) in [6, 6.07) is 3.02. The number of hydrogen-bond donors (Lipinski definition) is 1. The van der Waals surface area contributed by atoms with E-state index in [1.54, 1.807) is 0 Å². The first-order valence-corrected chi connectivity index (χ1v) is 14.8. The summed E-state index contributed by atoms with van der Waals surface area (Å²) in [4.78, 5) is 6.98. The normalized spacial score (nSPS) is 29.6. The minimum Gasteiger partial charge on any atom is -0.392 e. The van der Waals surface area contributed by atoms with Gasteiger partial charge in [-0.1, -0.05) is 41.5 Å². The summed E-state index contributed by atoms with van der Waals surface area (Å²) in [5, 5.41) is 9.53. The molecule has 0 aliphatic carbocycles. The minimum absolute atomic E-state index is 0.0306. The van der Waals surface area contributed by atoms with Gasteiger partial charge in [-0.25, -0.2) is 8.78 Å². The number of alkyl halides is 2. The van der Waals surface area contributed by atoms with Crippen LogP contribution in [0.4, 0.5) is 8.78 Å². The molecule has 3 aliphatic rings. The van der Waals surface area contributed by atoms with Gasteiger partial charge < -0.3 is 5.11 Å². The van der Waals surface area contributed by atoms with E-state index in [1.165, 1.54) is 19.4 Å². The van der Waals surface area contributed by atoms with E-state index in [-0.39, 0.29) is 31.2 Å². The highest BCUT2D eigenvalue weighted by Crippen LogP contribution is 2.36. The SMILES string of the molecule is CC(C)C1CC(F)(F)CN1C(C)C.CC(C)C1CCCN1C(C)C.CC(C)C1C[C@@H](O)CN1C(C)C. The minimum atomic E-state index is -2.47. The molecule has 0 aromatic heterocycles. The molecule has 0 bridgehead atoms. The Bertz CT molecular complexity index is 561. The Morgan fingerprint density at radius 1 is 0.667 bits per heavy atom. The van der Waals surface area contributed by atoms with Crippen LogP contribution in [0.3, 0.4) is 0 Å². The summed E-state index contributed by atoms with van der Waals surface area (Å²) in [6.45, 7) is 28.3. The number of likely N-dealkylation sites (tertiary alicyclic amines) is 3. The van der Waals surface area contributed by atoms with Crippen molar-refractivity contribution in [3.05, 3.63) is 0 Å². The number of rotatable bonds is 6. The van der Waals surface area contributed by atoms with Crippen molar-refractivity contribution in [2.75, 3.05) is 19.6 Å². The molecule has 3 heterocycles. The summed E-state index contributed by atoms with van der Waals surface area (Å²) in [5.41, 5.74) is 0. The van der Waals surface area contributed by atoms with Crippen LogP contribution >= 0.6 is 0 Å². The molecule has 0 aromatic carbocycles. The molecule has 4 atom stereocenters. The Morgan fingerprint density at radius 2 is 1.14 bits per heavy atom. The van der Waals surface area contributed by atoms with Crippen molar-refractivity contribution < 1.29 is 13.9 Å². The molecule has 0 radical (unpaired) electrons. The van der Waals surface area contributed by atoms with Gasteiger partial charge in [0, 0.05) is 49.2 Å². The third-order valence-electron chi connectivity index (χ3n) is 8.35. The van der Waals surface area contributed by atoms with E-state index < -0.39 is 5.92 Å². The fourth-order valence-corrected chi connectivity index (χ4v) is 6.34. The van der Waals surface area contributed by atoms with Crippen LogP contribution in [0.1, 0.15) is 109 Å². The van der Waals surface area contributed by atoms with Gasteiger partial charge in [0.05, 0.1) is 12.6 Å². The van der Waals surface area contributed by atoms with Crippen molar-refractivity contribution in [3.63, 3.8) is 0 Å². The quantitative estimate of drug-likeness (QED) is 0.421. The maximum atomic E-state index is 13.1. The van der Waals surface area contributed by atoms with Crippen LogP contribution in [0.25, 0.3) is 0 Å². The van der Waals surface area contributed by atoms with Gasteiger partial charge in [0.25, 0.3) is 5.92 Å². The lowest BCUT2D eigenvalue weighted by Crippen LogP contribution is -2.39. The summed E-state index contributed by atoms with van der Waals surface area (Å²) < 4.78 is 26.2. The lowest BCUT2D eigenvalue weighted by atomic mass is 10.0. The van der Waals surface area contributed by atoms with E-state index in [9.17, 15) is 13.9 Å². The highest BCUT2D eigenvalue weighted by molar-refractivity contribution is 4.93. The number of aliphatic hydroxyl groups excluding tert-OH is 1. The molecule has 36 heavy (non-hydrogen) atoms. The Kier molecular flexibility index (Phi) is 13.8. The molecule has 0 aromatic rings. The predicted molar refractivity (Wildman–Crippen MR) is 151 cm³/mol. The third kappa shape index (κ3) is 10.1. The Hall–Kier alpha value is -0.300. The van der Waals surface area contributed by atoms with Crippen LogP contribution in [0.5, 0.6) is 0 Å². The van der Waals surface area contributed by atoms with Crippen molar-refractivity contribution in [1.29, 1.82) is 0 Å². The molecule has 216 valence electrons. The van der Waals surface area contributed by atoms with Gasteiger partial charge in [0.1, 0.15) is 0 Å². The van der Waals surface area contributed by atoms with Crippen LogP contribution in [0.15, 0.2) is 0 Å². The number of hydrogen-bond acceptors (Lipinski definition) is 4. The second kappa shape index (κ2) is 14.7. The van der Waals surface area contributed by atoms with Crippen molar-refractivity contribution in [2.45, 2.75) is 157 Å². The monoisotopic (exact) mass is 517 g/mol. The second-order valence-corrected chi connectivity index (χ2v) is 13.4. The average Bonchev–Trinajstić information content (AvgIpc) is 3.45. The molecule has 0 amide bonds. The van der Waals surface area contributed by atoms with Gasteiger partial charge in [0.2, 0.25) is 0 Å². The molecule has 3 rings (SSSR count). The molecule has 3 fully saturated rings. The summed E-state index contributed by atoms with van der Waals surface area (Å²) in [6.07, 6.45) is 3.70. The molecular formula is C30H61F2N3O. The van der Waals surface area contributed by atoms with Crippen molar-refractivity contribution in [3.8, 4) is 0 Å². The Labute approximate surface area is 223 Å². The summed E-state index contributed by atoms with van der Waals surface area (Å²) >= 11 is 0. The van der Waals surface area contributed by atoms with E-state index in [2.05, 4.69) is 65.2 Å². The first-order valence-electron chi connectivity index (χ1n) is 14.8. The zero-order valence-corrected chi connectivity index (χ0v) is 25.8. The largest absolute Gasteiger partial charge is 0.392 e. The van der Waals surface area contributed by atoms with Crippen LogP contribution in [-0.2, 0) is 0 Å².